The van der Waals surface area contributed by atoms with E-state index in [0.29, 0.717) is 10.8 Å². The van der Waals surface area contributed by atoms with Crippen LogP contribution in [0.2, 0.25) is 20.1 Å². The molecule has 0 radical (unpaired) electrons. The van der Waals surface area contributed by atoms with Crippen molar-refractivity contribution >= 4 is 114 Å². The van der Waals surface area contributed by atoms with Crippen LogP contribution in [0.15, 0.2) is 93.6 Å². The fourth-order valence-corrected chi connectivity index (χ4v) is 7.18. The Bertz CT molecular complexity index is 1910. The predicted octanol–water partition coefficient (Wildman–Crippen LogP) is 10.6. The summed E-state index contributed by atoms with van der Waals surface area (Å²) >= 11 is 30.4. The molecule has 0 saturated carbocycles. The molecule has 5 rings (SSSR count). The third-order valence-corrected chi connectivity index (χ3v) is 10.6. The lowest BCUT2D eigenvalue weighted by Gasteiger charge is -2.17. The Morgan fingerprint density at radius 1 is 0.800 bits per heavy atom. The van der Waals surface area contributed by atoms with Gasteiger partial charge < -0.3 is 15.7 Å². The fraction of sp³-hybridized carbons (Fsp3) is 0.0323. The number of carboxylic acids is 1. The highest BCUT2D eigenvalue weighted by Crippen LogP contribution is 2.42. The highest BCUT2D eigenvalue weighted by molar-refractivity contribution is 9.10. The van der Waals surface area contributed by atoms with Crippen molar-refractivity contribution < 1.29 is 19.5 Å². The minimum Gasteiger partial charge on any atom is -0.478 e. The number of nitrogens with zero attached hydrogens (tertiary/aromatic N) is 1. The quantitative estimate of drug-likeness (QED) is 0.0781. The van der Waals surface area contributed by atoms with Crippen molar-refractivity contribution in [3.8, 4) is 11.3 Å². The molecule has 0 fully saturated rings. The average molecular weight is 782 g/mol. The van der Waals surface area contributed by atoms with Crippen molar-refractivity contribution in [2.24, 2.45) is 0 Å². The van der Waals surface area contributed by atoms with Crippen LogP contribution < -0.4 is 10.6 Å². The summed E-state index contributed by atoms with van der Waals surface area (Å²) in [7, 11) is 0. The Hall–Kier alpha value is -3.09. The topological polar surface area (TPSA) is 108 Å². The van der Waals surface area contributed by atoms with E-state index in [2.05, 4.69) is 31.5 Å². The van der Waals surface area contributed by atoms with Crippen molar-refractivity contribution in [2.45, 2.75) is 10.1 Å². The number of nitrogens with one attached hydrogen (secondary N) is 2. The van der Waals surface area contributed by atoms with E-state index in [9.17, 15) is 19.5 Å². The van der Waals surface area contributed by atoms with Gasteiger partial charge in [-0.25, -0.2) is 9.78 Å². The molecule has 5 aromatic rings. The number of aromatic carboxylic acids is 1. The lowest BCUT2D eigenvalue weighted by atomic mass is 10.1. The third kappa shape index (κ3) is 7.66. The number of anilines is 2. The zero-order valence-electron chi connectivity index (χ0n) is 22.5. The molecule has 2 amide bonds. The first-order chi connectivity index (χ1) is 21.5. The van der Waals surface area contributed by atoms with Gasteiger partial charge in [0.05, 0.1) is 36.9 Å². The van der Waals surface area contributed by atoms with Gasteiger partial charge in [-0.2, -0.15) is 0 Å². The summed E-state index contributed by atoms with van der Waals surface area (Å²) in [5, 5.41) is 15.7. The second-order valence-electron chi connectivity index (χ2n) is 9.23. The van der Waals surface area contributed by atoms with Crippen LogP contribution in [0.3, 0.4) is 0 Å². The number of carboxylic acid groups (broad SMARTS) is 1. The zero-order valence-corrected chi connectivity index (χ0v) is 28.7. The Balaban J connectivity index is 1.34. The zero-order chi connectivity index (χ0) is 32.2. The number of carbonyl (C=O) groups is 3. The standard InChI is InChI=1S/C31H18BrCl4N3O4S2/c32-17-8-6-15(7-9-17)20-14-44-31(38-20)39-29(41)27(16-4-2-1-3-5-16)45-19-12-10-18(11-13-19)37-28(40)21-22(30(42)43)24(34)26(36)25(35)23(21)33/h1-14,27H,(H,37,40)(H,42,43)(H,38,39,41). The Morgan fingerprint density at radius 2 is 1.42 bits per heavy atom. The summed E-state index contributed by atoms with van der Waals surface area (Å²) < 4.78 is 0.959. The first-order valence-electron chi connectivity index (χ1n) is 12.8. The van der Waals surface area contributed by atoms with Gasteiger partial charge in [0, 0.05) is 26.0 Å². The number of thioether (sulfide) groups is 1. The molecule has 0 bridgehead atoms. The maximum Gasteiger partial charge on any atom is 0.338 e. The van der Waals surface area contributed by atoms with E-state index in [-0.39, 0.29) is 21.0 Å². The van der Waals surface area contributed by atoms with E-state index < -0.39 is 33.3 Å². The van der Waals surface area contributed by atoms with E-state index in [4.69, 9.17) is 46.4 Å². The van der Waals surface area contributed by atoms with Gasteiger partial charge in [0.25, 0.3) is 5.91 Å². The fourth-order valence-electron chi connectivity index (χ4n) is 4.15. The van der Waals surface area contributed by atoms with Crippen LogP contribution in [0.25, 0.3) is 11.3 Å². The summed E-state index contributed by atoms with van der Waals surface area (Å²) in [4.78, 5) is 43.8. The number of carbonyl (C=O) groups excluding carboxylic acids is 2. The molecule has 0 aliphatic heterocycles. The SMILES string of the molecule is O=C(O)c1c(Cl)c(Cl)c(Cl)c(Cl)c1C(=O)Nc1ccc(SC(C(=O)Nc2nc(-c3ccc(Br)cc3)cs2)c2ccccc2)cc1. The lowest BCUT2D eigenvalue weighted by molar-refractivity contribution is -0.115. The minimum absolute atomic E-state index is 0.238. The van der Waals surface area contributed by atoms with Gasteiger partial charge in [0.2, 0.25) is 5.91 Å². The summed E-state index contributed by atoms with van der Waals surface area (Å²) in [5.74, 6) is -2.59. The number of benzene rings is 4. The van der Waals surface area contributed by atoms with Crippen LogP contribution in [-0.2, 0) is 4.79 Å². The van der Waals surface area contributed by atoms with E-state index in [1.807, 2.05) is 60.0 Å². The van der Waals surface area contributed by atoms with Gasteiger partial charge in [-0.15, -0.1) is 23.1 Å². The van der Waals surface area contributed by atoms with Gasteiger partial charge >= 0.3 is 5.97 Å². The van der Waals surface area contributed by atoms with E-state index >= 15 is 0 Å². The Labute approximate surface area is 294 Å². The molecule has 14 heteroatoms. The molecule has 228 valence electrons. The molecule has 1 aromatic heterocycles. The molecular weight excluding hydrogens is 764 g/mol. The minimum atomic E-state index is -1.50. The normalized spacial score (nSPS) is 11.6. The maximum atomic E-state index is 13.6. The molecule has 1 atom stereocenters. The summed E-state index contributed by atoms with van der Waals surface area (Å²) in [6, 6.07) is 23.7. The van der Waals surface area contributed by atoms with E-state index in [1.165, 1.54) is 23.1 Å². The number of halogens is 5. The van der Waals surface area contributed by atoms with Crippen LogP contribution in [-0.4, -0.2) is 27.9 Å². The van der Waals surface area contributed by atoms with Crippen molar-refractivity contribution in [3.05, 3.63) is 125 Å². The van der Waals surface area contributed by atoms with Gasteiger partial charge in [-0.3, -0.25) is 9.59 Å². The third-order valence-electron chi connectivity index (χ3n) is 6.29. The second kappa shape index (κ2) is 14.6. The number of hydrogen-bond acceptors (Lipinski definition) is 6. The van der Waals surface area contributed by atoms with Crippen molar-refractivity contribution in [1.29, 1.82) is 0 Å². The van der Waals surface area contributed by atoms with Gasteiger partial charge in [-0.05, 0) is 42.0 Å². The number of hydrogen-bond donors (Lipinski definition) is 3. The molecule has 1 heterocycles. The number of amides is 2. The predicted molar refractivity (Wildman–Crippen MR) is 187 cm³/mol. The van der Waals surface area contributed by atoms with Crippen LogP contribution in [0.4, 0.5) is 10.8 Å². The molecule has 0 aliphatic carbocycles. The molecule has 7 nitrogen and oxygen atoms in total. The molecular formula is C31H18BrCl4N3O4S2. The molecule has 0 spiro atoms. The molecule has 0 saturated heterocycles. The largest absolute Gasteiger partial charge is 0.478 e. The smallest absolute Gasteiger partial charge is 0.338 e. The highest BCUT2D eigenvalue weighted by atomic mass is 79.9. The first-order valence-corrected chi connectivity index (χ1v) is 16.8. The van der Waals surface area contributed by atoms with Crippen molar-refractivity contribution in [2.75, 3.05) is 10.6 Å². The lowest BCUT2D eigenvalue weighted by Crippen LogP contribution is -2.19. The number of rotatable bonds is 9. The van der Waals surface area contributed by atoms with Crippen LogP contribution >= 0.6 is 85.4 Å². The monoisotopic (exact) mass is 779 g/mol. The molecule has 0 aliphatic rings. The molecule has 4 aromatic carbocycles. The van der Waals surface area contributed by atoms with Crippen LogP contribution in [0.5, 0.6) is 0 Å². The van der Waals surface area contributed by atoms with Gasteiger partial charge in [0.1, 0.15) is 5.25 Å². The summed E-state index contributed by atoms with van der Waals surface area (Å²) in [5.41, 5.74) is 1.82. The molecule has 1 unspecified atom stereocenters. The van der Waals surface area contributed by atoms with Gasteiger partial charge in [0.15, 0.2) is 5.13 Å². The van der Waals surface area contributed by atoms with Gasteiger partial charge in [-0.1, -0.05) is 105 Å². The molecule has 45 heavy (non-hydrogen) atoms. The summed E-state index contributed by atoms with van der Waals surface area (Å²) in [6.07, 6.45) is 0. The highest BCUT2D eigenvalue weighted by Gasteiger charge is 2.29. The van der Waals surface area contributed by atoms with Crippen LogP contribution in [0.1, 0.15) is 31.5 Å². The van der Waals surface area contributed by atoms with Crippen molar-refractivity contribution in [3.63, 3.8) is 0 Å². The molecule has 3 N–H and O–H groups in total. The van der Waals surface area contributed by atoms with E-state index in [1.54, 1.807) is 24.3 Å². The van der Waals surface area contributed by atoms with E-state index in [0.717, 1.165) is 26.2 Å². The summed E-state index contributed by atoms with van der Waals surface area (Å²) in [6.45, 7) is 0. The first kappa shape index (κ1) is 33.3. The Morgan fingerprint density at radius 3 is 2.04 bits per heavy atom. The average Bonchev–Trinajstić information content (AvgIpc) is 3.50. The van der Waals surface area contributed by atoms with Crippen LogP contribution in [0, 0.1) is 0 Å². The van der Waals surface area contributed by atoms with Crippen molar-refractivity contribution in [1.82, 2.24) is 4.98 Å². The Kier molecular flexibility index (Phi) is 10.8. The second-order valence-corrected chi connectivity index (χ2v) is 13.7. The maximum absolute atomic E-state index is 13.6. The number of aromatic nitrogens is 1. The number of thiazole rings is 1.